The third kappa shape index (κ3) is 4.22. The number of ether oxygens (including phenoxy) is 3. The fraction of sp³-hybridized carbons (Fsp3) is 0.286. The number of piperidine rings is 1. The summed E-state index contributed by atoms with van der Waals surface area (Å²) in [5, 5.41) is 34.7. The lowest BCUT2D eigenvalue weighted by Gasteiger charge is -2.40. The number of nitrogens with one attached hydrogen (secondary N) is 1. The zero-order valence-corrected chi connectivity index (χ0v) is 20.3. The van der Waals surface area contributed by atoms with Gasteiger partial charge in [-0.25, -0.2) is 9.59 Å². The van der Waals surface area contributed by atoms with Crippen molar-refractivity contribution in [2.45, 2.75) is 30.5 Å². The number of β-amino-alcohol motifs (C(OH)–C–C–N with tert-alkyl or cyclic N) is 1. The van der Waals surface area contributed by atoms with Gasteiger partial charge in [0, 0.05) is 36.7 Å². The molecule has 1 aromatic heterocycles. The van der Waals surface area contributed by atoms with Crippen molar-refractivity contribution in [3.63, 3.8) is 0 Å². The maximum Gasteiger partial charge on any atom is 0.451 e. The van der Waals surface area contributed by atoms with Gasteiger partial charge in [-0.2, -0.15) is 0 Å². The van der Waals surface area contributed by atoms with Crippen LogP contribution in [0.15, 0.2) is 66.9 Å². The lowest BCUT2D eigenvalue weighted by Crippen LogP contribution is -2.55. The van der Waals surface area contributed by atoms with Gasteiger partial charge in [-0.15, -0.1) is 0 Å². The number of hydrogen-bond acceptors (Lipinski definition) is 9. The number of aromatic hydroxyl groups is 1. The van der Waals surface area contributed by atoms with Crippen LogP contribution in [-0.4, -0.2) is 68.9 Å². The Bertz CT molecular complexity index is 1520. The molecule has 1 atom stereocenters. The molecule has 0 spiro atoms. The Balaban J connectivity index is 1.18. The third-order valence-corrected chi connectivity index (χ3v) is 7.33. The summed E-state index contributed by atoms with van der Waals surface area (Å²) >= 11 is 0. The molecule has 0 saturated carbocycles. The molecular weight excluding hydrogens is 492 g/mol. The lowest BCUT2D eigenvalue weighted by atomic mass is 9.83. The number of aliphatic hydroxyl groups excluding tert-OH is 1. The molecule has 0 unspecified atom stereocenters. The Morgan fingerprint density at radius 1 is 0.974 bits per heavy atom. The first kappa shape index (κ1) is 24.2. The summed E-state index contributed by atoms with van der Waals surface area (Å²) in [6.07, 6.45) is 0.965. The molecule has 0 aliphatic carbocycles. The number of likely N-dealkylation sites (tertiary alicyclic amines) is 1. The molecule has 0 bridgehead atoms. The van der Waals surface area contributed by atoms with Crippen LogP contribution in [0.5, 0.6) is 11.5 Å². The van der Waals surface area contributed by atoms with Crippen LogP contribution in [-0.2, 0) is 24.7 Å². The second kappa shape index (κ2) is 9.02. The van der Waals surface area contributed by atoms with Gasteiger partial charge in [-0.1, -0.05) is 24.3 Å². The van der Waals surface area contributed by atoms with Crippen LogP contribution in [0.3, 0.4) is 0 Å². The van der Waals surface area contributed by atoms with E-state index < -0.39 is 29.6 Å². The van der Waals surface area contributed by atoms with E-state index in [-0.39, 0.29) is 18.0 Å². The van der Waals surface area contributed by atoms with Crippen molar-refractivity contribution in [1.29, 1.82) is 0 Å². The summed E-state index contributed by atoms with van der Waals surface area (Å²) in [6.45, 7) is 0.815. The molecule has 4 N–H and O–H groups in total. The number of rotatable bonds is 6. The molecule has 3 heterocycles. The average Bonchev–Trinajstić information content (AvgIpc) is 3.50. The van der Waals surface area contributed by atoms with Gasteiger partial charge < -0.3 is 39.4 Å². The monoisotopic (exact) mass is 518 g/mol. The van der Waals surface area contributed by atoms with Gasteiger partial charge in [0.05, 0.1) is 5.60 Å². The molecule has 3 aromatic carbocycles. The van der Waals surface area contributed by atoms with Crippen LogP contribution in [0.2, 0.25) is 0 Å². The first-order valence-corrected chi connectivity index (χ1v) is 12.3. The minimum Gasteiger partial charge on any atom is -0.508 e. The van der Waals surface area contributed by atoms with Crippen LogP contribution in [0, 0.1) is 0 Å². The molecule has 38 heavy (non-hydrogen) atoms. The molecule has 10 nitrogen and oxygen atoms in total. The zero-order chi connectivity index (χ0) is 26.5. The third-order valence-electron chi connectivity index (χ3n) is 7.33. The maximum absolute atomic E-state index is 12.0. The first-order chi connectivity index (χ1) is 18.2. The number of benzene rings is 3. The SMILES string of the molecule is O=C1OC(Oc2cccc3[nH]ccc23)([C@@H](O)CN2CCC(O)(c3ccc4cc(O)ccc4c3)CC2)OC1=O. The van der Waals surface area contributed by atoms with E-state index >= 15 is 0 Å². The summed E-state index contributed by atoms with van der Waals surface area (Å²) in [5.41, 5.74) is 0.454. The number of aliphatic hydroxyl groups is 2. The topological polar surface area (TPSA) is 142 Å². The van der Waals surface area contributed by atoms with E-state index in [1.807, 2.05) is 29.2 Å². The Morgan fingerprint density at radius 2 is 1.68 bits per heavy atom. The van der Waals surface area contributed by atoms with Crippen LogP contribution in [0.4, 0.5) is 0 Å². The molecule has 0 radical (unpaired) electrons. The van der Waals surface area contributed by atoms with Gasteiger partial charge in [0.15, 0.2) is 6.10 Å². The van der Waals surface area contributed by atoms with E-state index in [1.165, 1.54) is 0 Å². The zero-order valence-electron chi connectivity index (χ0n) is 20.3. The van der Waals surface area contributed by atoms with E-state index in [0.717, 1.165) is 21.9 Å². The predicted octanol–water partition coefficient (Wildman–Crippen LogP) is 2.50. The molecule has 2 aliphatic rings. The second-order valence-electron chi connectivity index (χ2n) is 9.77. The van der Waals surface area contributed by atoms with Crippen molar-refractivity contribution in [3.8, 4) is 11.5 Å². The number of aromatic nitrogens is 1. The molecule has 2 fully saturated rings. The largest absolute Gasteiger partial charge is 0.508 e. The number of H-pyrrole nitrogens is 1. The highest BCUT2D eigenvalue weighted by molar-refractivity contribution is 6.31. The fourth-order valence-corrected chi connectivity index (χ4v) is 5.18. The second-order valence-corrected chi connectivity index (χ2v) is 9.77. The fourth-order valence-electron chi connectivity index (χ4n) is 5.18. The normalized spacial score (nSPS) is 19.8. The van der Waals surface area contributed by atoms with Gasteiger partial charge in [-0.05, 0) is 65.6 Å². The Hall–Kier alpha value is -4.12. The van der Waals surface area contributed by atoms with Crippen LogP contribution < -0.4 is 4.74 Å². The first-order valence-electron chi connectivity index (χ1n) is 12.3. The summed E-state index contributed by atoms with van der Waals surface area (Å²) in [7, 11) is 0. The van der Waals surface area contributed by atoms with E-state index in [0.29, 0.717) is 31.3 Å². The van der Waals surface area contributed by atoms with Gasteiger partial charge in [0.1, 0.15) is 11.5 Å². The molecule has 6 rings (SSSR count). The molecular formula is C28H26N2O8. The number of phenols is 1. The molecule has 4 aromatic rings. The van der Waals surface area contributed by atoms with Gasteiger partial charge in [0.2, 0.25) is 0 Å². The molecule has 2 saturated heterocycles. The van der Waals surface area contributed by atoms with E-state index in [1.54, 1.807) is 42.6 Å². The highest BCUT2D eigenvalue weighted by atomic mass is 16.9. The number of fused-ring (bicyclic) bond motifs is 2. The number of nitrogens with zero attached hydrogens (tertiary/aromatic N) is 1. The summed E-state index contributed by atoms with van der Waals surface area (Å²) in [5.74, 6) is -4.38. The van der Waals surface area contributed by atoms with Crippen molar-refractivity contribution >= 4 is 33.6 Å². The number of carbonyl (C=O) groups excluding carboxylic acids is 2. The quantitative estimate of drug-likeness (QED) is 0.224. The van der Waals surface area contributed by atoms with E-state index in [4.69, 9.17) is 14.2 Å². The van der Waals surface area contributed by atoms with Crippen molar-refractivity contribution in [2.75, 3.05) is 19.6 Å². The molecule has 2 aliphatic heterocycles. The number of esters is 2. The minimum absolute atomic E-state index is 0.0310. The smallest absolute Gasteiger partial charge is 0.451 e. The Morgan fingerprint density at radius 3 is 2.45 bits per heavy atom. The molecule has 10 heteroatoms. The molecule has 196 valence electrons. The van der Waals surface area contributed by atoms with Gasteiger partial charge in [0.25, 0.3) is 0 Å². The van der Waals surface area contributed by atoms with Crippen molar-refractivity contribution < 1.29 is 39.1 Å². The van der Waals surface area contributed by atoms with Crippen LogP contribution in [0.25, 0.3) is 21.7 Å². The van der Waals surface area contributed by atoms with E-state index in [2.05, 4.69) is 4.98 Å². The number of carbonyl (C=O) groups is 2. The Labute approximate surface area is 217 Å². The minimum atomic E-state index is -2.34. The van der Waals surface area contributed by atoms with Crippen LogP contribution in [0.1, 0.15) is 18.4 Å². The van der Waals surface area contributed by atoms with Crippen molar-refractivity contribution in [1.82, 2.24) is 9.88 Å². The van der Waals surface area contributed by atoms with Gasteiger partial charge >= 0.3 is 17.9 Å². The predicted molar refractivity (Wildman–Crippen MR) is 135 cm³/mol. The number of cyclic esters (lactones) is 2. The summed E-state index contributed by atoms with van der Waals surface area (Å²) < 4.78 is 16.2. The van der Waals surface area contributed by atoms with Gasteiger partial charge in [-0.3, -0.25) is 0 Å². The average molecular weight is 519 g/mol. The maximum atomic E-state index is 12.0. The number of phenolic OH excluding ortho intramolecular Hbond substituents is 1. The molecule has 0 amide bonds. The van der Waals surface area contributed by atoms with Crippen LogP contribution >= 0.6 is 0 Å². The summed E-state index contributed by atoms with van der Waals surface area (Å²) in [4.78, 5) is 28.9. The summed E-state index contributed by atoms with van der Waals surface area (Å²) in [6, 6.07) is 17.6. The lowest BCUT2D eigenvalue weighted by molar-refractivity contribution is -0.318. The van der Waals surface area contributed by atoms with Crippen molar-refractivity contribution in [3.05, 3.63) is 72.4 Å². The van der Waals surface area contributed by atoms with E-state index in [9.17, 15) is 24.9 Å². The number of hydrogen-bond donors (Lipinski definition) is 4. The highest BCUT2D eigenvalue weighted by Gasteiger charge is 2.58. The highest BCUT2D eigenvalue weighted by Crippen LogP contribution is 2.37. The standard InChI is InChI=1S/C28H26N2O8/c31-20-7-5-17-14-19(6-4-18(17)15-20)27(35)9-12-30(13-10-27)16-24(32)28(37-25(33)26(34)38-28)36-23-3-1-2-22-21(23)8-11-29-22/h1-8,11,14-15,24,29,31-32,35H,9-10,12-13,16H2/t24-/m0/s1. The number of aromatic amines is 1. The van der Waals surface area contributed by atoms with Crippen molar-refractivity contribution in [2.24, 2.45) is 0 Å². The Kier molecular flexibility index (Phi) is 5.75.